The topological polar surface area (TPSA) is 95.4 Å². The Balaban J connectivity index is 2.08. The van der Waals surface area contributed by atoms with Gasteiger partial charge in [0.15, 0.2) is 0 Å². The van der Waals surface area contributed by atoms with Gasteiger partial charge in [-0.15, -0.1) is 0 Å². The van der Waals surface area contributed by atoms with Crippen LogP contribution in [0.25, 0.3) is 0 Å². The van der Waals surface area contributed by atoms with Gasteiger partial charge in [0.1, 0.15) is 6.54 Å². The van der Waals surface area contributed by atoms with Gasteiger partial charge in [-0.05, 0) is 6.42 Å². The number of aromatic nitrogens is 2. The number of hydrogen-bond acceptors (Lipinski definition) is 4. The van der Waals surface area contributed by atoms with Gasteiger partial charge in [-0.25, -0.2) is 4.79 Å². The summed E-state index contributed by atoms with van der Waals surface area (Å²) in [6, 6.07) is 1.19. The summed E-state index contributed by atoms with van der Waals surface area (Å²) in [5.74, 6) is -0.240. The average molecular weight is 239 g/mol. The summed E-state index contributed by atoms with van der Waals surface area (Å²) in [6.07, 6.45) is 1.36. The van der Waals surface area contributed by atoms with Crippen molar-refractivity contribution < 1.29 is 9.90 Å². The number of aliphatic hydroxyl groups is 1. The molecule has 0 radical (unpaired) electrons. The van der Waals surface area contributed by atoms with E-state index in [0.29, 0.717) is 19.5 Å². The van der Waals surface area contributed by atoms with E-state index in [1.807, 2.05) is 0 Å². The van der Waals surface area contributed by atoms with Crippen LogP contribution in [0.4, 0.5) is 0 Å². The second-order valence-electron chi connectivity index (χ2n) is 4.02. The summed E-state index contributed by atoms with van der Waals surface area (Å²) in [5.41, 5.74) is -1.10. The van der Waals surface area contributed by atoms with Crippen molar-refractivity contribution in [3.8, 4) is 0 Å². The van der Waals surface area contributed by atoms with Crippen molar-refractivity contribution in [3.05, 3.63) is 33.1 Å². The molecule has 1 aromatic rings. The van der Waals surface area contributed by atoms with Crippen LogP contribution in [0.2, 0.25) is 0 Å². The van der Waals surface area contributed by atoms with Crippen molar-refractivity contribution in [2.75, 3.05) is 13.1 Å². The number of rotatable bonds is 2. The zero-order valence-electron chi connectivity index (χ0n) is 9.13. The number of hydrogen-bond donors (Lipinski definition) is 2. The molecule has 0 aliphatic carbocycles. The molecule has 2 N–H and O–H groups in total. The minimum Gasteiger partial charge on any atom is -0.391 e. The van der Waals surface area contributed by atoms with E-state index >= 15 is 0 Å². The van der Waals surface area contributed by atoms with Gasteiger partial charge in [-0.2, -0.15) is 0 Å². The highest BCUT2D eigenvalue weighted by Gasteiger charge is 2.24. The summed E-state index contributed by atoms with van der Waals surface area (Å²) in [5, 5.41) is 9.30. The molecule has 1 aliphatic rings. The van der Waals surface area contributed by atoms with Crippen LogP contribution in [0, 0.1) is 0 Å². The first-order valence-electron chi connectivity index (χ1n) is 5.32. The Kier molecular flexibility index (Phi) is 3.10. The molecule has 0 spiro atoms. The number of H-pyrrole nitrogens is 1. The van der Waals surface area contributed by atoms with Gasteiger partial charge in [0.25, 0.3) is 5.56 Å². The van der Waals surface area contributed by atoms with E-state index < -0.39 is 17.4 Å². The Morgan fingerprint density at radius 3 is 2.88 bits per heavy atom. The third-order valence-corrected chi connectivity index (χ3v) is 2.72. The molecule has 17 heavy (non-hydrogen) atoms. The van der Waals surface area contributed by atoms with Gasteiger partial charge >= 0.3 is 5.69 Å². The molecule has 92 valence electrons. The lowest BCUT2D eigenvalue weighted by atomic mass is 10.3. The van der Waals surface area contributed by atoms with E-state index in [-0.39, 0.29) is 12.5 Å². The van der Waals surface area contributed by atoms with Crippen molar-refractivity contribution in [2.24, 2.45) is 0 Å². The highest BCUT2D eigenvalue weighted by molar-refractivity contribution is 5.76. The molecule has 0 unspecified atom stereocenters. The molecule has 2 heterocycles. The Bertz CT molecular complexity index is 533. The van der Waals surface area contributed by atoms with E-state index in [4.69, 9.17) is 0 Å². The number of likely N-dealkylation sites (tertiary alicyclic amines) is 1. The van der Waals surface area contributed by atoms with Crippen molar-refractivity contribution in [3.63, 3.8) is 0 Å². The molecular weight excluding hydrogens is 226 g/mol. The zero-order chi connectivity index (χ0) is 12.4. The highest BCUT2D eigenvalue weighted by Crippen LogP contribution is 2.08. The molecule has 0 bridgehead atoms. The Morgan fingerprint density at radius 2 is 2.29 bits per heavy atom. The van der Waals surface area contributed by atoms with Crippen LogP contribution in [-0.2, 0) is 11.3 Å². The lowest BCUT2D eigenvalue weighted by Crippen LogP contribution is -2.37. The molecule has 0 aromatic carbocycles. The predicted molar refractivity (Wildman–Crippen MR) is 58.5 cm³/mol. The predicted octanol–water partition coefficient (Wildman–Crippen LogP) is -1.87. The highest BCUT2D eigenvalue weighted by atomic mass is 16.3. The SMILES string of the molecule is O=C(Cn1ccc(=O)[nH]c1=O)N1CC[C@@H](O)C1. The summed E-state index contributed by atoms with van der Waals surface area (Å²) in [7, 11) is 0. The Hall–Kier alpha value is -1.89. The maximum atomic E-state index is 11.8. The van der Waals surface area contributed by atoms with Crippen LogP contribution in [0.5, 0.6) is 0 Å². The van der Waals surface area contributed by atoms with Crippen LogP contribution >= 0.6 is 0 Å². The monoisotopic (exact) mass is 239 g/mol. The molecular formula is C10H13N3O4. The van der Waals surface area contributed by atoms with Gasteiger partial charge in [-0.3, -0.25) is 19.1 Å². The maximum Gasteiger partial charge on any atom is 0.328 e. The van der Waals surface area contributed by atoms with E-state index in [1.54, 1.807) is 0 Å². The summed E-state index contributed by atoms with van der Waals surface area (Å²) in [6.45, 7) is 0.678. The van der Waals surface area contributed by atoms with Crippen molar-refractivity contribution in [1.82, 2.24) is 14.5 Å². The fourth-order valence-electron chi connectivity index (χ4n) is 1.78. The molecule has 1 aromatic heterocycles. The van der Waals surface area contributed by atoms with Crippen molar-refractivity contribution in [1.29, 1.82) is 0 Å². The second kappa shape index (κ2) is 4.54. The minimum atomic E-state index is -0.606. The zero-order valence-corrected chi connectivity index (χ0v) is 9.13. The number of amides is 1. The molecule has 1 saturated heterocycles. The van der Waals surface area contributed by atoms with Crippen LogP contribution in [0.1, 0.15) is 6.42 Å². The van der Waals surface area contributed by atoms with E-state index in [0.717, 1.165) is 4.57 Å². The number of aromatic amines is 1. The first kappa shape index (κ1) is 11.6. The molecule has 1 aliphatic heterocycles. The van der Waals surface area contributed by atoms with Crippen LogP contribution in [0.15, 0.2) is 21.9 Å². The lowest BCUT2D eigenvalue weighted by Gasteiger charge is -2.15. The number of nitrogens with zero attached hydrogens (tertiary/aromatic N) is 2. The van der Waals surface area contributed by atoms with Gasteiger partial charge in [0.2, 0.25) is 5.91 Å². The maximum absolute atomic E-state index is 11.8. The first-order valence-corrected chi connectivity index (χ1v) is 5.32. The Labute approximate surface area is 96.3 Å². The molecule has 2 rings (SSSR count). The van der Waals surface area contributed by atoms with E-state index in [2.05, 4.69) is 4.98 Å². The minimum absolute atomic E-state index is 0.123. The number of carbonyl (C=O) groups is 1. The summed E-state index contributed by atoms with van der Waals surface area (Å²) < 4.78 is 1.13. The van der Waals surface area contributed by atoms with Crippen LogP contribution in [-0.4, -0.2) is 44.7 Å². The number of carbonyl (C=O) groups excluding carboxylic acids is 1. The molecule has 0 saturated carbocycles. The lowest BCUT2D eigenvalue weighted by molar-refractivity contribution is -0.131. The molecule has 1 fully saturated rings. The van der Waals surface area contributed by atoms with Gasteiger partial charge in [0.05, 0.1) is 6.10 Å². The third kappa shape index (κ3) is 2.62. The second-order valence-corrected chi connectivity index (χ2v) is 4.02. The quantitative estimate of drug-likeness (QED) is 0.632. The molecule has 1 amide bonds. The number of aliphatic hydroxyl groups excluding tert-OH is 1. The largest absolute Gasteiger partial charge is 0.391 e. The molecule has 7 nitrogen and oxygen atoms in total. The average Bonchev–Trinajstić information content (AvgIpc) is 2.69. The summed E-state index contributed by atoms with van der Waals surface area (Å²) >= 11 is 0. The first-order chi connectivity index (χ1) is 8.06. The molecule has 1 atom stereocenters. The third-order valence-electron chi connectivity index (χ3n) is 2.72. The van der Waals surface area contributed by atoms with Crippen molar-refractivity contribution >= 4 is 5.91 Å². The van der Waals surface area contributed by atoms with Crippen LogP contribution < -0.4 is 11.2 Å². The number of β-amino-alcohol motifs (C(OH)–C–C–N with tert-alkyl or cyclic N) is 1. The Morgan fingerprint density at radius 1 is 1.53 bits per heavy atom. The smallest absolute Gasteiger partial charge is 0.328 e. The van der Waals surface area contributed by atoms with Crippen LogP contribution in [0.3, 0.4) is 0 Å². The normalized spacial score (nSPS) is 19.6. The summed E-state index contributed by atoms with van der Waals surface area (Å²) in [4.78, 5) is 37.5. The van der Waals surface area contributed by atoms with Gasteiger partial charge in [-0.1, -0.05) is 0 Å². The standard InChI is InChI=1S/C10H13N3O4/c14-7-1-3-12(5-7)9(16)6-13-4-2-8(15)11-10(13)17/h2,4,7,14H,1,3,5-6H2,(H,11,15,17)/t7-/m1/s1. The van der Waals surface area contributed by atoms with Gasteiger partial charge < -0.3 is 10.0 Å². The fraction of sp³-hybridized carbons (Fsp3) is 0.500. The molecule has 7 heteroatoms. The van der Waals surface area contributed by atoms with Gasteiger partial charge in [0, 0.05) is 25.4 Å². The van der Waals surface area contributed by atoms with E-state index in [1.165, 1.54) is 17.2 Å². The number of nitrogens with one attached hydrogen (secondary N) is 1. The van der Waals surface area contributed by atoms with Crippen molar-refractivity contribution in [2.45, 2.75) is 19.1 Å². The fourth-order valence-corrected chi connectivity index (χ4v) is 1.78. The van der Waals surface area contributed by atoms with E-state index in [9.17, 15) is 19.5 Å².